The summed E-state index contributed by atoms with van der Waals surface area (Å²) in [5.74, 6) is -1.60. The molecule has 0 amide bonds. The molecule has 0 bridgehead atoms. The molecular formula is C27H19ClF2N10Na2O8S2. The zero-order chi connectivity index (χ0) is 35.4. The number of nitrogens with one attached hydrogen (secondary N) is 2. The molecule has 3 heterocycles. The summed E-state index contributed by atoms with van der Waals surface area (Å²) >= 11 is 6.51. The molecule has 0 saturated carbocycles. The third kappa shape index (κ3) is 10.4. The molecule has 0 aliphatic carbocycles. The standard InChI is InChI=1S/C27H21ClF2N10O8S2.2Na/c28-24-35-26(37-27(36-24)40-5-7-46-8-6-40)32-14-2-1-13-9-18(49-48-47-42)22(23(41)16(13)10-14)39-38-17-11-15(3-4-19(17)50(43,44)45)31-21-12-20(29)33-25(30)34-21;;/h1-4,9-12,41-42H,5-8H2,(H,31,33,34)(H,43,44,45)(H,32,35,36,37);;/q;2*+1/p-2. The van der Waals surface area contributed by atoms with E-state index in [0.29, 0.717) is 55.4 Å². The fraction of sp³-hybridized carbons (Fsp3) is 0.148. The Morgan fingerprint density at radius 3 is 2.40 bits per heavy atom. The van der Waals surface area contributed by atoms with Crippen LogP contribution in [-0.2, 0) is 24.2 Å². The molecule has 3 N–H and O–H groups in total. The van der Waals surface area contributed by atoms with Crippen LogP contribution in [0.25, 0.3) is 10.8 Å². The zero-order valence-corrected chi connectivity index (χ0v) is 33.2. The first kappa shape index (κ1) is 41.8. The Hall–Kier alpha value is -2.94. The van der Waals surface area contributed by atoms with Gasteiger partial charge in [0.15, 0.2) is 5.75 Å². The number of nitrogens with zero attached hydrogens (tertiary/aromatic N) is 8. The molecule has 0 radical (unpaired) electrons. The number of benzene rings is 3. The molecule has 260 valence electrons. The van der Waals surface area contributed by atoms with Gasteiger partial charge in [-0.3, -0.25) is 5.04 Å². The first-order valence-corrected chi connectivity index (χ1v) is 16.4. The van der Waals surface area contributed by atoms with E-state index in [1.165, 1.54) is 12.1 Å². The van der Waals surface area contributed by atoms with Crippen molar-refractivity contribution in [3.05, 3.63) is 65.8 Å². The normalized spacial score (nSPS) is 13.1. The number of phenols is 1. The van der Waals surface area contributed by atoms with E-state index in [0.717, 1.165) is 24.3 Å². The summed E-state index contributed by atoms with van der Waals surface area (Å²) in [6.07, 6.45) is -1.37. The van der Waals surface area contributed by atoms with Crippen LogP contribution in [0.2, 0.25) is 5.28 Å². The van der Waals surface area contributed by atoms with Gasteiger partial charge in [0, 0.05) is 35.9 Å². The van der Waals surface area contributed by atoms with Gasteiger partial charge in [0.1, 0.15) is 27.3 Å². The summed E-state index contributed by atoms with van der Waals surface area (Å²) in [4.78, 5) is 20.0. The van der Waals surface area contributed by atoms with Crippen LogP contribution in [0.3, 0.4) is 0 Å². The van der Waals surface area contributed by atoms with Crippen LogP contribution in [0.4, 0.5) is 49.2 Å². The maximum absolute atomic E-state index is 13.6. The molecule has 18 nitrogen and oxygen atoms in total. The number of halogens is 3. The second-order valence-electron chi connectivity index (χ2n) is 9.99. The molecule has 0 atom stereocenters. The average Bonchev–Trinajstić information content (AvgIpc) is 3.06. The van der Waals surface area contributed by atoms with E-state index >= 15 is 0 Å². The van der Waals surface area contributed by atoms with Gasteiger partial charge in [-0.15, -0.1) is 10.2 Å². The van der Waals surface area contributed by atoms with Crippen molar-refractivity contribution < 1.29 is 105 Å². The number of hydrogen-bond donors (Lipinski definition) is 3. The van der Waals surface area contributed by atoms with Gasteiger partial charge in [0.05, 0.1) is 35.0 Å². The molecule has 1 saturated heterocycles. The van der Waals surface area contributed by atoms with Crippen LogP contribution in [0.15, 0.2) is 68.6 Å². The zero-order valence-electron chi connectivity index (χ0n) is 26.8. The van der Waals surface area contributed by atoms with E-state index in [-0.39, 0.29) is 97.8 Å². The van der Waals surface area contributed by atoms with Crippen LogP contribution in [0, 0.1) is 12.0 Å². The summed E-state index contributed by atoms with van der Waals surface area (Å²) in [5.41, 5.74) is -0.478. The molecule has 25 heteroatoms. The van der Waals surface area contributed by atoms with Crippen molar-refractivity contribution in [2.75, 3.05) is 41.8 Å². The SMILES string of the molecule is O=S(=O)([O-])c1ccc(Nc2cc(F)nc(F)n2)cc1N=Nc1c(SOO[O-])cc2ccc(Nc3nc(Cl)nc(N4CCOCC4)n3)cc2c1O.[Na+].[Na+]. The summed E-state index contributed by atoms with van der Waals surface area (Å²) in [6.45, 7) is 2.08. The van der Waals surface area contributed by atoms with E-state index in [9.17, 15) is 32.1 Å². The molecule has 0 unspecified atom stereocenters. The summed E-state index contributed by atoms with van der Waals surface area (Å²) in [6, 6.07) is 9.99. The molecule has 2 aromatic heterocycles. The van der Waals surface area contributed by atoms with Gasteiger partial charge in [0.2, 0.25) is 23.1 Å². The largest absolute Gasteiger partial charge is 1.00 e. The fourth-order valence-electron chi connectivity index (χ4n) is 4.65. The smallest absolute Gasteiger partial charge is 0.744 e. The minimum absolute atomic E-state index is 0. The Labute approximate surface area is 345 Å². The first-order chi connectivity index (χ1) is 24.0. The number of ether oxygens (including phenoxy) is 1. The number of azo groups is 1. The minimum atomic E-state index is -5.13. The fourth-order valence-corrected chi connectivity index (χ4v) is 5.89. The van der Waals surface area contributed by atoms with Crippen LogP contribution in [-0.4, -0.2) is 69.3 Å². The van der Waals surface area contributed by atoms with Gasteiger partial charge >= 0.3 is 65.2 Å². The Bertz CT molecular complexity index is 2210. The van der Waals surface area contributed by atoms with Gasteiger partial charge in [0.25, 0.3) is 0 Å². The Kier molecular flexibility index (Phi) is 14.8. The van der Waals surface area contributed by atoms with Crippen molar-refractivity contribution in [3.8, 4) is 5.75 Å². The van der Waals surface area contributed by atoms with E-state index in [1.807, 2.05) is 4.90 Å². The Morgan fingerprint density at radius 2 is 1.69 bits per heavy atom. The Morgan fingerprint density at radius 1 is 0.962 bits per heavy atom. The van der Waals surface area contributed by atoms with Gasteiger partial charge in [-0.1, -0.05) is 6.07 Å². The molecule has 52 heavy (non-hydrogen) atoms. The number of aromatic hydroxyl groups is 1. The van der Waals surface area contributed by atoms with Crippen LogP contribution in [0.5, 0.6) is 5.75 Å². The third-order valence-corrected chi connectivity index (χ3v) is 8.44. The number of hydrogen-bond acceptors (Lipinski definition) is 19. The van der Waals surface area contributed by atoms with Crippen molar-refractivity contribution in [2.24, 2.45) is 10.2 Å². The predicted octanol–water partition coefficient (Wildman–Crippen LogP) is -1.67. The maximum atomic E-state index is 13.6. The number of fused-ring (bicyclic) bond motifs is 1. The average molecular weight is 795 g/mol. The van der Waals surface area contributed by atoms with Crippen molar-refractivity contribution in [1.29, 1.82) is 0 Å². The summed E-state index contributed by atoms with van der Waals surface area (Å²) in [5, 5.41) is 39.4. The summed E-state index contributed by atoms with van der Waals surface area (Å²) in [7, 11) is -5.13. The Balaban J connectivity index is 0.00000302. The summed E-state index contributed by atoms with van der Waals surface area (Å²) < 4.78 is 73.0. The van der Waals surface area contributed by atoms with Gasteiger partial charge in [-0.05, 0) is 53.4 Å². The topological polar surface area (TPSA) is 245 Å². The third-order valence-electron chi connectivity index (χ3n) is 6.78. The number of phenolic OH excluding ortho intramolecular Hbond substituents is 1. The van der Waals surface area contributed by atoms with Crippen molar-refractivity contribution in [1.82, 2.24) is 24.9 Å². The quantitative estimate of drug-likeness (QED) is 0.0198. The molecular weight excluding hydrogens is 776 g/mol. The molecule has 1 aliphatic heterocycles. The van der Waals surface area contributed by atoms with E-state index in [1.54, 1.807) is 12.1 Å². The predicted molar refractivity (Wildman–Crippen MR) is 169 cm³/mol. The first-order valence-electron chi connectivity index (χ1n) is 13.9. The van der Waals surface area contributed by atoms with Gasteiger partial charge in [-0.25, -0.2) is 8.42 Å². The van der Waals surface area contributed by atoms with Gasteiger partial charge in [-0.2, -0.15) is 38.0 Å². The second kappa shape index (κ2) is 18.4. The molecule has 6 rings (SSSR count). The molecule has 0 spiro atoms. The minimum Gasteiger partial charge on any atom is -0.744 e. The van der Waals surface area contributed by atoms with Crippen LogP contribution >= 0.6 is 23.6 Å². The van der Waals surface area contributed by atoms with Gasteiger partial charge < -0.3 is 35.2 Å². The van der Waals surface area contributed by atoms with E-state index < -0.39 is 38.5 Å². The van der Waals surface area contributed by atoms with E-state index in [2.05, 4.69) is 55.2 Å². The molecule has 5 aromatic rings. The monoisotopic (exact) mass is 794 g/mol. The van der Waals surface area contributed by atoms with Crippen molar-refractivity contribution in [3.63, 3.8) is 0 Å². The molecule has 1 fully saturated rings. The molecule has 1 aliphatic rings. The van der Waals surface area contributed by atoms with Crippen LogP contribution in [0.1, 0.15) is 0 Å². The number of anilines is 5. The maximum Gasteiger partial charge on any atom is 1.00 e. The van der Waals surface area contributed by atoms with E-state index in [4.69, 9.17) is 16.3 Å². The number of rotatable bonds is 11. The second-order valence-corrected chi connectivity index (χ2v) is 12.4. The molecule has 3 aromatic carbocycles. The van der Waals surface area contributed by atoms with Crippen molar-refractivity contribution >= 4 is 85.0 Å². The van der Waals surface area contributed by atoms with Crippen LogP contribution < -0.4 is 79.9 Å². The number of morpholine rings is 1. The number of aromatic nitrogens is 5. The van der Waals surface area contributed by atoms with Crippen molar-refractivity contribution in [2.45, 2.75) is 9.79 Å².